The zero-order chi connectivity index (χ0) is 9.97. The molecular formula is C11H14N2O. The van der Waals surface area contributed by atoms with Crippen LogP contribution in [0.5, 0.6) is 0 Å². The van der Waals surface area contributed by atoms with Gasteiger partial charge >= 0.3 is 0 Å². The van der Waals surface area contributed by atoms with Crippen molar-refractivity contribution in [3.8, 4) is 0 Å². The molecule has 0 aliphatic heterocycles. The molecule has 0 aromatic carbocycles. The molecule has 1 heterocycles. The Kier molecular flexibility index (Phi) is 2.48. The van der Waals surface area contributed by atoms with Crippen molar-refractivity contribution >= 4 is 11.6 Å². The van der Waals surface area contributed by atoms with E-state index in [0.717, 1.165) is 30.5 Å². The Balaban J connectivity index is 2.04. The van der Waals surface area contributed by atoms with Crippen molar-refractivity contribution in [3.05, 3.63) is 24.0 Å². The minimum Gasteiger partial charge on any atom is -0.324 e. The van der Waals surface area contributed by atoms with Crippen LogP contribution in [0.15, 0.2) is 18.5 Å². The number of pyridine rings is 1. The van der Waals surface area contributed by atoms with E-state index in [-0.39, 0.29) is 11.8 Å². The summed E-state index contributed by atoms with van der Waals surface area (Å²) in [5.41, 5.74) is 1.97. The maximum Gasteiger partial charge on any atom is 0.227 e. The van der Waals surface area contributed by atoms with Gasteiger partial charge in [0.25, 0.3) is 0 Å². The summed E-state index contributed by atoms with van der Waals surface area (Å²) in [6.45, 7) is 2.07. The van der Waals surface area contributed by atoms with Crippen LogP contribution in [0, 0.1) is 5.92 Å². The molecule has 1 aromatic rings. The molecule has 0 radical (unpaired) electrons. The summed E-state index contributed by atoms with van der Waals surface area (Å²) in [5, 5.41) is 2.88. The zero-order valence-corrected chi connectivity index (χ0v) is 8.29. The lowest BCUT2D eigenvalue weighted by Crippen LogP contribution is -2.13. The van der Waals surface area contributed by atoms with Gasteiger partial charge in [-0.2, -0.15) is 0 Å². The number of amides is 1. The fourth-order valence-corrected chi connectivity index (χ4v) is 1.34. The lowest BCUT2D eigenvalue weighted by Gasteiger charge is -2.04. The van der Waals surface area contributed by atoms with E-state index in [0.29, 0.717) is 0 Å². The van der Waals surface area contributed by atoms with Crippen LogP contribution in [-0.4, -0.2) is 10.9 Å². The van der Waals surface area contributed by atoms with Gasteiger partial charge in [-0.15, -0.1) is 0 Å². The van der Waals surface area contributed by atoms with Crippen molar-refractivity contribution < 1.29 is 4.79 Å². The standard InChI is InChI=1S/C11H14N2O/c1-2-8-5-10(7-12-6-8)13-11(14)9-3-4-9/h5-7,9H,2-4H2,1H3,(H,13,14). The smallest absolute Gasteiger partial charge is 0.227 e. The van der Waals surface area contributed by atoms with Gasteiger partial charge in [0.2, 0.25) is 5.91 Å². The number of rotatable bonds is 3. The summed E-state index contributed by atoms with van der Waals surface area (Å²) in [5.74, 6) is 0.389. The number of hydrogen-bond acceptors (Lipinski definition) is 2. The van der Waals surface area contributed by atoms with Gasteiger partial charge in [-0.1, -0.05) is 6.92 Å². The Bertz CT molecular complexity index is 345. The Morgan fingerprint density at radius 2 is 2.36 bits per heavy atom. The topological polar surface area (TPSA) is 42.0 Å². The lowest BCUT2D eigenvalue weighted by molar-refractivity contribution is -0.117. The van der Waals surface area contributed by atoms with Crippen LogP contribution in [0.25, 0.3) is 0 Å². The number of carbonyl (C=O) groups is 1. The highest BCUT2D eigenvalue weighted by Crippen LogP contribution is 2.30. The molecule has 3 heteroatoms. The Labute approximate surface area is 83.5 Å². The second kappa shape index (κ2) is 3.78. The first-order chi connectivity index (χ1) is 6.79. The minimum absolute atomic E-state index is 0.139. The van der Waals surface area contributed by atoms with Gasteiger partial charge in [-0.05, 0) is 30.9 Å². The van der Waals surface area contributed by atoms with Crippen LogP contribution in [-0.2, 0) is 11.2 Å². The van der Waals surface area contributed by atoms with Gasteiger partial charge < -0.3 is 5.32 Å². The molecule has 2 rings (SSSR count). The van der Waals surface area contributed by atoms with E-state index >= 15 is 0 Å². The summed E-state index contributed by atoms with van der Waals surface area (Å²) < 4.78 is 0. The number of anilines is 1. The molecular weight excluding hydrogens is 176 g/mol. The number of aromatic nitrogens is 1. The molecule has 1 aromatic heterocycles. The van der Waals surface area contributed by atoms with Gasteiger partial charge in [0.15, 0.2) is 0 Å². The quantitative estimate of drug-likeness (QED) is 0.792. The molecule has 74 valence electrons. The maximum atomic E-state index is 11.4. The monoisotopic (exact) mass is 190 g/mol. The Morgan fingerprint density at radius 3 is 3.00 bits per heavy atom. The molecule has 1 aliphatic rings. The number of hydrogen-bond donors (Lipinski definition) is 1. The molecule has 0 bridgehead atoms. The third-order valence-electron chi connectivity index (χ3n) is 2.42. The molecule has 0 saturated heterocycles. The van der Waals surface area contributed by atoms with Crippen LogP contribution < -0.4 is 5.32 Å². The predicted molar refractivity (Wildman–Crippen MR) is 55.0 cm³/mol. The average molecular weight is 190 g/mol. The molecule has 0 spiro atoms. The van der Waals surface area contributed by atoms with Gasteiger partial charge in [0.05, 0.1) is 11.9 Å². The van der Waals surface area contributed by atoms with E-state index in [1.54, 1.807) is 6.20 Å². The largest absolute Gasteiger partial charge is 0.324 e. The molecule has 1 saturated carbocycles. The molecule has 1 N–H and O–H groups in total. The highest BCUT2D eigenvalue weighted by Gasteiger charge is 2.29. The fraction of sp³-hybridized carbons (Fsp3) is 0.455. The second-order valence-corrected chi connectivity index (χ2v) is 3.70. The van der Waals surface area contributed by atoms with Gasteiger partial charge in [0, 0.05) is 12.1 Å². The SMILES string of the molecule is CCc1cncc(NC(=O)C2CC2)c1. The van der Waals surface area contributed by atoms with Crippen molar-refractivity contribution in [2.24, 2.45) is 5.92 Å². The van der Waals surface area contributed by atoms with Gasteiger partial charge in [-0.3, -0.25) is 9.78 Å². The molecule has 1 amide bonds. The highest BCUT2D eigenvalue weighted by atomic mass is 16.2. The maximum absolute atomic E-state index is 11.4. The third kappa shape index (κ3) is 2.10. The van der Waals surface area contributed by atoms with Crippen LogP contribution in [0.3, 0.4) is 0 Å². The molecule has 0 atom stereocenters. The number of carbonyl (C=O) groups excluding carboxylic acids is 1. The van der Waals surface area contributed by atoms with Crippen LogP contribution >= 0.6 is 0 Å². The fourth-order valence-electron chi connectivity index (χ4n) is 1.34. The van der Waals surface area contributed by atoms with Gasteiger partial charge in [-0.25, -0.2) is 0 Å². The second-order valence-electron chi connectivity index (χ2n) is 3.70. The van der Waals surface area contributed by atoms with E-state index < -0.39 is 0 Å². The molecule has 14 heavy (non-hydrogen) atoms. The van der Waals surface area contributed by atoms with Crippen LogP contribution in [0.2, 0.25) is 0 Å². The van der Waals surface area contributed by atoms with E-state index in [9.17, 15) is 4.79 Å². The van der Waals surface area contributed by atoms with Crippen molar-refractivity contribution in [2.75, 3.05) is 5.32 Å². The molecule has 0 unspecified atom stereocenters. The normalized spacial score (nSPS) is 15.2. The predicted octanol–water partition coefficient (Wildman–Crippen LogP) is 1.99. The van der Waals surface area contributed by atoms with Gasteiger partial charge in [0.1, 0.15) is 0 Å². The average Bonchev–Trinajstić information content (AvgIpc) is 3.01. The van der Waals surface area contributed by atoms with Crippen molar-refractivity contribution in [2.45, 2.75) is 26.2 Å². The third-order valence-corrected chi connectivity index (χ3v) is 2.42. The summed E-state index contributed by atoms with van der Waals surface area (Å²) in [6.07, 6.45) is 6.53. The first kappa shape index (κ1) is 9.19. The molecule has 1 aliphatic carbocycles. The number of nitrogens with zero attached hydrogens (tertiary/aromatic N) is 1. The molecule has 1 fully saturated rings. The summed E-state index contributed by atoms with van der Waals surface area (Å²) >= 11 is 0. The first-order valence-electron chi connectivity index (χ1n) is 5.04. The summed E-state index contributed by atoms with van der Waals surface area (Å²) in [4.78, 5) is 15.5. The van der Waals surface area contributed by atoms with Crippen molar-refractivity contribution in [3.63, 3.8) is 0 Å². The van der Waals surface area contributed by atoms with Crippen LogP contribution in [0.1, 0.15) is 25.3 Å². The minimum atomic E-state index is 0.139. The number of aryl methyl sites for hydroxylation is 1. The zero-order valence-electron chi connectivity index (χ0n) is 8.29. The Morgan fingerprint density at radius 1 is 1.57 bits per heavy atom. The Hall–Kier alpha value is -1.38. The van der Waals surface area contributed by atoms with Crippen LogP contribution in [0.4, 0.5) is 5.69 Å². The number of nitrogens with one attached hydrogen (secondary N) is 1. The van der Waals surface area contributed by atoms with Crippen molar-refractivity contribution in [1.29, 1.82) is 0 Å². The molecule has 3 nitrogen and oxygen atoms in total. The van der Waals surface area contributed by atoms with E-state index in [1.807, 2.05) is 12.3 Å². The van der Waals surface area contributed by atoms with E-state index in [1.165, 1.54) is 0 Å². The van der Waals surface area contributed by atoms with Crippen molar-refractivity contribution in [1.82, 2.24) is 4.98 Å². The van der Waals surface area contributed by atoms with E-state index in [4.69, 9.17) is 0 Å². The highest BCUT2D eigenvalue weighted by molar-refractivity contribution is 5.93. The first-order valence-corrected chi connectivity index (χ1v) is 5.04. The summed E-state index contributed by atoms with van der Waals surface area (Å²) in [6, 6.07) is 1.98. The summed E-state index contributed by atoms with van der Waals surface area (Å²) in [7, 11) is 0. The van der Waals surface area contributed by atoms with E-state index in [2.05, 4.69) is 17.2 Å². The lowest BCUT2D eigenvalue weighted by atomic mass is 10.2.